The summed E-state index contributed by atoms with van der Waals surface area (Å²) in [7, 11) is 0. The number of aryl methyl sites for hydroxylation is 1. The molecule has 2 nitrogen and oxygen atoms in total. The van der Waals surface area contributed by atoms with Gasteiger partial charge in [0.1, 0.15) is 0 Å². The first-order valence-corrected chi connectivity index (χ1v) is 8.15. The maximum Gasteiger partial charge on any atom is 0.224 e. The van der Waals surface area contributed by atoms with Gasteiger partial charge in [-0.15, -0.1) is 0 Å². The van der Waals surface area contributed by atoms with Crippen LogP contribution in [0.2, 0.25) is 0 Å². The second-order valence-electron chi connectivity index (χ2n) is 5.47. The van der Waals surface area contributed by atoms with E-state index in [0.29, 0.717) is 6.42 Å². The van der Waals surface area contributed by atoms with Gasteiger partial charge in [0.25, 0.3) is 0 Å². The van der Waals surface area contributed by atoms with E-state index in [-0.39, 0.29) is 5.91 Å². The van der Waals surface area contributed by atoms with E-state index in [1.165, 1.54) is 44.1 Å². The monoisotopic (exact) mass is 275 g/mol. The predicted molar refractivity (Wildman–Crippen MR) is 87.1 cm³/mol. The third-order valence-electron chi connectivity index (χ3n) is 3.65. The summed E-state index contributed by atoms with van der Waals surface area (Å²) < 4.78 is 0. The summed E-state index contributed by atoms with van der Waals surface area (Å²) >= 11 is 0. The van der Waals surface area contributed by atoms with Crippen LogP contribution in [0.25, 0.3) is 0 Å². The molecule has 0 fully saturated rings. The minimum absolute atomic E-state index is 0.141. The van der Waals surface area contributed by atoms with Crippen LogP contribution in [-0.4, -0.2) is 5.91 Å². The lowest BCUT2D eigenvalue weighted by molar-refractivity contribution is -0.116. The Bertz CT molecular complexity index is 370. The van der Waals surface area contributed by atoms with Crippen LogP contribution in [0.15, 0.2) is 24.3 Å². The van der Waals surface area contributed by atoms with E-state index in [1.54, 1.807) is 0 Å². The molecular formula is C18H29NO. The maximum atomic E-state index is 11.8. The van der Waals surface area contributed by atoms with E-state index < -0.39 is 0 Å². The van der Waals surface area contributed by atoms with Crippen LogP contribution in [0.5, 0.6) is 0 Å². The van der Waals surface area contributed by atoms with Crippen LogP contribution < -0.4 is 5.32 Å². The van der Waals surface area contributed by atoms with Crippen molar-refractivity contribution in [3.8, 4) is 0 Å². The van der Waals surface area contributed by atoms with Gasteiger partial charge >= 0.3 is 0 Å². The average Bonchev–Trinajstić information content (AvgIpc) is 2.47. The standard InChI is InChI=1S/C18H29NO/c1-3-5-6-7-8-9-10-11-18(20)19-17-14-12-16(4-2)13-15-17/h12-15H,3-11H2,1-2H3,(H,19,20). The zero-order valence-electron chi connectivity index (χ0n) is 13.1. The van der Waals surface area contributed by atoms with Gasteiger partial charge in [-0.3, -0.25) is 4.79 Å². The molecule has 0 bridgehead atoms. The average molecular weight is 275 g/mol. The SMILES string of the molecule is CCCCCCCCCC(=O)Nc1ccc(CC)cc1. The summed E-state index contributed by atoms with van der Waals surface area (Å²) in [5, 5.41) is 2.97. The largest absolute Gasteiger partial charge is 0.326 e. The van der Waals surface area contributed by atoms with Crippen molar-refractivity contribution in [3.63, 3.8) is 0 Å². The van der Waals surface area contributed by atoms with Gasteiger partial charge in [-0.2, -0.15) is 0 Å². The van der Waals surface area contributed by atoms with Gasteiger partial charge in [-0.25, -0.2) is 0 Å². The van der Waals surface area contributed by atoms with E-state index in [1.807, 2.05) is 12.1 Å². The summed E-state index contributed by atoms with van der Waals surface area (Å²) in [6.45, 7) is 4.37. The minimum atomic E-state index is 0.141. The van der Waals surface area contributed by atoms with Gasteiger partial charge in [-0.1, -0.05) is 64.5 Å². The van der Waals surface area contributed by atoms with Crippen LogP contribution in [0.3, 0.4) is 0 Å². The Kier molecular flexibility index (Phi) is 8.77. The van der Waals surface area contributed by atoms with E-state index >= 15 is 0 Å². The number of nitrogens with one attached hydrogen (secondary N) is 1. The number of anilines is 1. The van der Waals surface area contributed by atoms with Crippen molar-refractivity contribution < 1.29 is 4.79 Å². The number of hydrogen-bond acceptors (Lipinski definition) is 1. The Morgan fingerprint density at radius 3 is 2.10 bits per heavy atom. The first kappa shape index (κ1) is 16.7. The minimum Gasteiger partial charge on any atom is -0.326 e. The number of amides is 1. The molecule has 0 spiro atoms. The molecule has 20 heavy (non-hydrogen) atoms. The molecule has 112 valence electrons. The van der Waals surface area contributed by atoms with Gasteiger partial charge < -0.3 is 5.32 Å². The fraction of sp³-hybridized carbons (Fsp3) is 0.611. The Labute approximate surface area is 124 Å². The lowest BCUT2D eigenvalue weighted by atomic mass is 10.1. The molecule has 1 N–H and O–H groups in total. The van der Waals surface area contributed by atoms with Crippen LogP contribution in [0, 0.1) is 0 Å². The first-order chi connectivity index (χ1) is 9.76. The zero-order chi connectivity index (χ0) is 14.6. The lowest BCUT2D eigenvalue weighted by Gasteiger charge is -2.06. The molecule has 1 aromatic rings. The van der Waals surface area contributed by atoms with Crippen LogP contribution >= 0.6 is 0 Å². The van der Waals surface area contributed by atoms with E-state index in [2.05, 4.69) is 31.3 Å². The molecule has 0 atom stereocenters. The van der Waals surface area contributed by atoms with Crippen molar-refractivity contribution in [1.29, 1.82) is 0 Å². The van der Waals surface area contributed by atoms with Gasteiger partial charge in [0.15, 0.2) is 0 Å². The highest BCUT2D eigenvalue weighted by atomic mass is 16.1. The summed E-state index contributed by atoms with van der Waals surface area (Å²) in [5.74, 6) is 0.141. The van der Waals surface area contributed by atoms with Crippen LogP contribution in [0.4, 0.5) is 5.69 Å². The quantitative estimate of drug-likeness (QED) is 0.575. The molecule has 0 unspecified atom stereocenters. The topological polar surface area (TPSA) is 29.1 Å². The van der Waals surface area contributed by atoms with Crippen molar-refractivity contribution in [2.24, 2.45) is 0 Å². The molecule has 1 amide bonds. The van der Waals surface area contributed by atoms with Crippen molar-refractivity contribution in [3.05, 3.63) is 29.8 Å². The number of carbonyl (C=O) groups is 1. The smallest absolute Gasteiger partial charge is 0.224 e. The Morgan fingerprint density at radius 1 is 0.900 bits per heavy atom. The lowest BCUT2D eigenvalue weighted by Crippen LogP contribution is -2.10. The van der Waals surface area contributed by atoms with Crippen molar-refractivity contribution in [1.82, 2.24) is 0 Å². The van der Waals surface area contributed by atoms with Gasteiger partial charge in [0.2, 0.25) is 5.91 Å². The molecule has 1 aromatic carbocycles. The summed E-state index contributed by atoms with van der Waals surface area (Å²) in [4.78, 5) is 11.8. The molecule has 1 rings (SSSR count). The highest BCUT2D eigenvalue weighted by molar-refractivity contribution is 5.90. The molecule has 0 radical (unpaired) electrons. The molecule has 0 heterocycles. The molecule has 0 saturated carbocycles. The van der Waals surface area contributed by atoms with Crippen LogP contribution in [0.1, 0.15) is 70.8 Å². The van der Waals surface area contributed by atoms with Gasteiger partial charge in [-0.05, 0) is 30.5 Å². The second-order valence-corrected chi connectivity index (χ2v) is 5.47. The highest BCUT2D eigenvalue weighted by Gasteiger charge is 2.02. The van der Waals surface area contributed by atoms with Crippen molar-refractivity contribution in [2.45, 2.75) is 71.6 Å². The van der Waals surface area contributed by atoms with Crippen molar-refractivity contribution >= 4 is 11.6 Å². The maximum absolute atomic E-state index is 11.8. The van der Waals surface area contributed by atoms with Crippen molar-refractivity contribution in [2.75, 3.05) is 5.32 Å². The Hall–Kier alpha value is -1.31. The summed E-state index contributed by atoms with van der Waals surface area (Å²) in [6, 6.07) is 8.12. The Morgan fingerprint density at radius 2 is 1.50 bits per heavy atom. The third kappa shape index (κ3) is 7.32. The highest BCUT2D eigenvalue weighted by Crippen LogP contribution is 2.12. The molecule has 0 aliphatic carbocycles. The van der Waals surface area contributed by atoms with Crippen LogP contribution in [-0.2, 0) is 11.2 Å². The Balaban J connectivity index is 2.10. The first-order valence-electron chi connectivity index (χ1n) is 8.15. The van der Waals surface area contributed by atoms with E-state index in [0.717, 1.165) is 18.5 Å². The number of rotatable bonds is 10. The van der Waals surface area contributed by atoms with E-state index in [9.17, 15) is 4.79 Å². The molecule has 2 heteroatoms. The second kappa shape index (κ2) is 10.5. The normalized spacial score (nSPS) is 10.5. The molecular weight excluding hydrogens is 246 g/mol. The van der Waals surface area contributed by atoms with Gasteiger partial charge in [0, 0.05) is 12.1 Å². The molecule has 0 saturated heterocycles. The number of unbranched alkanes of at least 4 members (excludes halogenated alkanes) is 6. The predicted octanol–water partition coefficient (Wildman–Crippen LogP) is 5.33. The van der Waals surface area contributed by atoms with E-state index in [4.69, 9.17) is 0 Å². The molecule has 0 aliphatic heterocycles. The summed E-state index contributed by atoms with van der Waals surface area (Å²) in [5.41, 5.74) is 2.21. The van der Waals surface area contributed by atoms with Gasteiger partial charge in [0.05, 0.1) is 0 Å². The number of benzene rings is 1. The summed E-state index contributed by atoms with van der Waals surface area (Å²) in [6.07, 6.45) is 10.4. The fourth-order valence-electron chi connectivity index (χ4n) is 2.29. The number of carbonyl (C=O) groups excluding carboxylic acids is 1. The fourth-order valence-corrected chi connectivity index (χ4v) is 2.29. The third-order valence-corrected chi connectivity index (χ3v) is 3.65. The molecule has 0 aliphatic rings. The number of hydrogen-bond donors (Lipinski definition) is 1. The molecule has 0 aromatic heterocycles. The zero-order valence-corrected chi connectivity index (χ0v) is 13.1.